The fourth-order valence-corrected chi connectivity index (χ4v) is 2.55. The molecule has 106 valence electrons. The molecule has 8 heteroatoms. The summed E-state index contributed by atoms with van der Waals surface area (Å²) < 4.78 is 25.0. The van der Waals surface area contributed by atoms with Crippen LogP contribution in [-0.4, -0.2) is 32.0 Å². The van der Waals surface area contributed by atoms with Crippen molar-refractivity contribution in [1.29, 1.82) is 0 Å². The van der Waals surface area contributed by atoms with Crippen molar-refractivity contribution in [2.75, 3.05) is 0 Å². The first-order valence-corrected chi connectivity index (χ1v) is 7.06. The Labute approximate surface area is 117 Å². The summed E-state index contributed by atoms with van der Waals surface area (Å²) in [5.41, 5.74) is -0.304. The lowest BCUT2D eigenvalue weighted by atomic mass is 10.3. The number of aromatic amines is 1. The van der Waals surface area contributed by atoms with Gasteiger partial charge in [-0.15, -0.1) is 11.3 Å². The molecule has 1 saturated carbocycles. The third-order valence-corrected chi connectivity index (χ3v) is 3.85. The van der Waals surface area contributed by atoms with E-state index in [1.807, 2.05) is 5.38 Å². The quantitative estimate of drug-likeness (QED) is 0.923. The predicted octanol–water partition coefficient (Wildman–Crippen LogP) is 2.61. The van der Waals surface area contributed by atoms with Crippen LogP contribution in [0.15, 0.2) is 17.6 Å². The number of carbonyl (C=O) groups excluding carboxylic acids is 1. The molecule has 0 bridgehead atoms. The highest BCUT2D eigenvalue weighted by atomic mass is 32.1. The zero-order valence-corrected chi connectivity index (χ0v) is 11.2. The van der Waals surface area contributed by atoms with Crippen molar-refractivity contribution in [1.82, 2.24) is 20.1 Å². The normalized spacial score (nSPS) is 14.8. The number of rotatable bonds is 5. The Bertz CT molecular complexity index is 594. The lowest BCUT2D eigenvalue weighted by molar-refractivity contribution is 0.0723. The fourth-order valence-electron chi connectivity index (χ4n) is 1.93. The van der Waals surface area contributed by atoms with E-state index >= 15 is 0 Å². The Kier molecular flexibility index (Phi) is 3.47. The number of hydrogen-bond donors (Lipinski definition) is 1. The third-order valence-electron chi connectivity index (χ3n) is 3.09. The van der Waals surface area contributed by atoms with E-state index in [4.69, 9.17) is 0 Å². The molecule has 5 nitrogen and oxygen atoms in total. The van der Waals surface area contributed by atoms with Gasteiger partial charge in [-0.2, -0.15) is 5.10 Å². The van der Waals surface area contributed by atoms with Crippen LogP contribution in [0.4, 0.5) is 8.78 Å². The van der Waals surface area contributed by atoms with Crippen molar-refractivity contribution in [3.05, 3.63) is 34.0 Å². The molecule has 3 rings (SSSR count). The van der Waals surface area contributed by atoms with E-state index in [0.29, 0.717) is 6.54 Å². The van der Waals surface area contributed by atoms with Crippen LogP contribution in [0.2, 0.25) is 0 Å². The van der Waals surface area contributed by atoms with Crippen LogP contribution in [0.5, 0.6) is 0 Å². The van der Waals surface area contributed by atoms with Gasteiger partial charge in [0, 0.05) is 17.6 Å². The van der Waals surface area contributed by atoms with E-state index < -0.39 is 6.43 Å². The van der Waals surface area contributed by atoms with Crippen LogP contribution in [0.3, 0.4) is 0 Å². The molecule has 1 aliphatic carbocycles. The van der Waals surface area contributed by atoms with E-state index in [1.54, 1.807) is 11.1 Å². The highest BCUT2D eigenvalue weighted by Gasteiger charge is 2.34. The van der Waals surface area contributed by atoms with Gasteiger partial charge in [-0.1, -0.05) is 0 Å². The topological polar surface area (TPSA) is 61.9 Å². The van der Waals surface area contributed by atoms with Gasteiger partial charge in [-0.25, -0.2) is 13.8 Å². The molecule has 1 amide bonds. The predicted molar refractivity (Wildman–Crippen MR) is 68.6 cm³/mol. The molecule has 0 radical (unpaired) electrons. The number of nitrogens with zero attached hydrogens (tertiary/aromatic N) is 3. The Hall–Kier alpha value is -1.83. The summed E-state index contributed by atoms with van der Waals surface area (Å²) in [7, 11) is 0. The lowest BCUT2D eigenvalue weighted by Gasteiger charge is -2.19. The number of amides is 1. The van der Waals surface area contributed by atoms with Crippen LogP contribution in [0, 0.1) is 0 Å². The highest BCUT2D eigenvalue weighted by molar-refractivity contribution is 7.09. The van der Waals surface area contributed by atoms with Crippen LogP contribution in [-0.2, 0) is 6.54 Å². The van der Waals surface area contributed by atoms with Gasteiger partial charge in [0.05, 0.1) is 6.54 Å². The second-order valence-electron chi connectivity index (χ2n) is 4.60. The molecule has 20 heavy (non-hydrogen) atoms. The second kappa shape index (κ2) is 5.28. The van der Waals surface area contributed by atoms with Crippen molar-refractivity contribution in [2.24, 2.45) is 0 Å². The van der Waals surface area contributed by atoms with Crippen LogP contribution in [0.1, 0.15) is 40.5 Å². The summed E-state index contributed by atoms with van der Waals surface area (Å²) in [6.07, 6.45) is 0.892. The van der Waals surface area contributed by atoms with Gasteiger partial charge in [0.1, 0.15) is 10.7 Å². The Morgan fingerprint density at radius 2 is 2.35 bits per heavy atom. The third kappa shape index (κ3) is 2.69. The van der Waals surface area contributed by atoms with Gasteiger partial charge < -0.3 is 4.90 Å². The SMILES string of the molecule is O=C(c1cc(C(F)F)[nH]n1)N(Cc1nccs1)C1CC1. The van der Waals surface area contributed by atoms with Crippen molar-refractivity contribution >= 4 is 17.2 Å². The molecule has 1 N–H and O–H groups in total. The van der Waals surface area contributed by atoms with Crippen molar-refractivity contribution in [3.8, 4) is 0 Å². The molecule has 0 aromatic carbocycles. The van der Waals surface area contributed by atoms with Crippen molar-refractivity contribution in [3.63, 3.8) is 0 Å². The minimum Gasteiger partial charge on any atom is -0.328 e. The van der Waals surface area contributed by atoms with Gasteiger partial charge in [0.2, 0.25) is 0 Å². The standard InChI is InChI=1S/C12H12F2N4OS/c13-11(14)8-5-9(17-16-8)12(19)18(7-1-2-7)6-10-15-3-4-20-10/h3-5,7,11H,1-2,6H2,(H,16,17). The first-order valence-electron chi connectivity index (χ1n) is 6.18. The van der Waals surface area contributed by atoms with Crippen LogP contribution in [0.25, 0.3) is 0 Å². The number of alkyl halides is 2. The lowest BCUT2D eigenvalue weighted by Crippen LogP contribution is -2.32. The first-order chi connectivity index (χ1) is 9.65. The average Bonchev–Trinajstić information content (AvgIpc) is 2.95. The van der Waals surface area contributed by atoms with Crippen molar-refractivity contribution in [2.45, 2.75) is 31.9 Å². The molecule has 0 atom stereocenters. The molecule has 2 aromatic heterocycles. The number of H-pyrrole nitrogens is 1. The van der Waals surface area contributed by atoms with E-state index in [2.05, 4.69) is 15.2 Å². The number of aromatic nitrogens is 3. The Balaban J connectivity index is 1.78. The summed E-state index contributed by atoms with van der Waals surface area (Å²) in [6, 6.07) is 1.28. The zero-order valence-electron chi connectivity index (χ0n) is 10.4. The summed E-state index contributed by atoms with van der Waals surface area (Å²) in [4.78, 5) is 18.2. The number of hydrogen-bond acceptors (Lipinski definition) is 4. The molecule has 2 aromatic rings. The smallest absolute Gasteiger partial charge is 0.279 e. The van der Waals surface area contributed by atoms with E-state index in [-0.39, 0.29) is 23.3 Å². The highest BCUT2D eigenvalue weighted by Crippen LogP contribution is 2.30. The van der Waals surface area contributed by atoms with Gasteiger partial charge in [-0.3, -0.25) is 9.89 Å². The molecule has 0 unspecified atom stereocenters. The molecule has 0 saturated heterocycles. The number of nitrogens with one attached hydrogen (secondary N) is 1. The maximum absolute atomic E-state index is 12.5. The van der Waals surface area contributed by atoms with Gasteiger partial charge in [-0.05, 0) is 18.9 Å². The van der Waals surface area contributed by atoms with E-state index in [1.165, 1.54) is 11.3 Å². The maximum Gasteiger partial charge on any atom is 0.279 e. The van der Waals surface area contributed by atoms with Gasteiger partial charge >= 0.3 is 0 Å². The average molecular weight is 298 g/mol. The van der Waals surface area contributed by atoms with Gasteiger partial charge in [0.15, 0.2) is 5.69 Å². The molecule has 2 heterocycles. The summed E-state index contributed by atoms with van der Waals surface area (Å²) in [5, 5.41) is 8.55. The molecule has 1 aliphatic rings. The van der Waals surface area contributed by atoms with E-state index in [9.17, 15) is 13.6 Å². The molecular weight excluding hydrogens is 286 g/mol. The maximum atomic E-state index is 12.5. The number of carbonyl (C=O) groups is 1. The molecular formula is C12H12F2N4OS. The summed E-state index contributed by atoms with van der Waals surface area (Å²) in [5.74, 6) is -0.328. The molecule has 0 spiro atoms. The monoisotopic (exact) mass is 298 g/mol. The summed E-state index contributed by atoms with van der Waals surface area (Å²) in [6.45, 7) is 0.401. The molecule has 0 aliphatic heterocycles. The second-order valence-corrected chi connectivity index (χ2v) is 5.58. The largest absolute Gasteiger partial charge is 0.328 e. The Morgan fingerprint density at radius 1 is 1.55 bits per heavy atom. The minimum absolute atomic E-state index is 0.0313. The Morgan fingerprint density at radius 3 is 2.90 bits per heavy atom. The zero-order chi connectivity index (χ0) is 14.1. The fraction of sp³-hybridized carbons (Fsp3) is 0.417. The van der Waals surface area contributed by atoms with Crippen molar-refractivity contribution < 1.29 is 13.6 Å². The van der Waals surface area contributed by atoms with E-state index in [0.717, 1.165) is 23.9 Å². The molecule has 1 fully saturated rings. The van der Waals surface area contributed by atoms with Crippen LogP contribution < -0.4 is 0 Å². The minimum atomic E-state index is -2.66. The summed E-state index contributed by atoms with van der Waals surface area (Å²) >= 11 is 1.47. The van der Waals surface area contributed by atoms with Gasteiger partial charge in [0.25, 0.3) is 12.3 Å². The number of halogens is 2. The first kappa shape index (κ1) is 13.2. The van der Waals surface area contributed by atoms with Crippen LogP contribution >= 0.6 is 11.3 Å². The number of thiazole rings is 1.